The van der Waals surface area contributed by atoms with Gasteiger partial charge in [0.05, 0.1) is 29.7 Å². The zero-order chi connectivity index (χ0) is 20.3. The van der Waals surface area contributed by atoms with Crippen molar-refractivity contribution < 1.29 is 23.9 Å². The van der Waals surface area contributed by atoms with Gasteiger partial charge in [-0.2, -0.15) is 5.26 Å². The highest BCUT2D eigenvalue weighted by Gasteiger charge is 2.52. The van der Waals surface area contributed by atoms with E-state index in [2.05, 4.69) is 5.32 Å². The van der Waals surface area contributed by atoms with Gasteiger partial charge in [0.2, 0.25) is 0 Å². The van der Waals surface area contributed by atoms with Crippen molar-refractivity contribution in [3.05, 3.63) is 22.7 Å². The van der Waals surface area contributed by atoms with Crippen LogP contribution in [0.1, 0.15) is 44.6 Å². The van der Waals surface area contributed by atoms with E-state index in [9.17, 15) is 14.4 Å². The van der Waals surface area contributed by atoms with Gasteiger partial charge in [0.1, 0.15) is 5.54 Å². The van der Waals surface area contributed by atoms with Crippen molar-refractivity contribution in [1.82, 2.24) is 10.2 Å². The number of hydrogen-bond acceptors (Lipinski definition) is 6. The summed E-state index contributed by atoms with van der Waals surface area (Å²) in [7, 11) is 0. The fourth-order valence-electron chi connectivity index (χ4n) is 3.56. The van der Waals surface area contributed by atoms with Gasteiger partial charge in [-0.25, -0.2) is 4.79 Å². The largest absolute Gasteiger partial charge is 0.490 e. The molecule has 1 saturated heterocycles. The van der Waals surface area contributed by atoms with Gasteiger partial charge in [0.25, 0.3) is 5.91 Å². The predicted octanol–water partition coefficient (Wildman–Crippen LogP) is 2.77. The molecule has 0 radical (unpaired) electrons. The molecule has 1 heterocycles. The Bertz CT molecular complexity index is 858. The number of carbonyl (C=O) groups excluding carboxylic acids is 3. The van der Waals surface area contributed by atoms with Crippen LogP contribution in [0.5, 0.6) is 11.5 Å². The first-order chi connectivity index (χ1) is 13.4. The fourth-order valence-corrected chi connectivity index (χ4v) is 3.81. The Morgan fingerprint density at radius 3 is 2.71 bits per heavy atom. The highest BCUT2D eigenvalue weighted by Crippen LogP contribution is 2.37. The van der Waals surface area contributed by atoms with Crippen molar-refractivity contribution in [2.24, 2.45) is 0 Å². The number of nitrogens with one attached hydrogen (secondary N) is 1. The Balaban J connectivity index is 1.66. The van der Waals surface area contributed by atoms with Crippen LogP contribution in [0.15, 0.2) is 12.1 Å². The number of amides is 3. The van der Waals surface area contributed by atoms with Crippen molar-refractivity contribution in [2.45, 2.75) is 44.6 Å². The monoisotopic (exact) mass is 405 g/mol. The molecule has 28 heavy (non-hydrogen) atoms. The molecule has 1 aliphatic carbocycles. The average molecular weight is 406 g/mol. The van der Waals surface area contributed by atoms with E-state index in [1.54, 1.807) is 6.92 Å². The van der Waals surface area contributed by atoms with Gasteiger partial charge < -0.3 is 14.8 Å². The number of nitriles is 1. The Labute approximate surface area is 167 Å². The lowest BCUT2D eigenvalue weighted by atomic mass is 9.98. The average Bonchev–Trinajstić information content (AvgIpc) is 3.22. The summed E-state index contributed by atoms with van der Waals surface area (Å²) in [5, 5.41) is 11.9. The van der Waals surface area contributed by atoms with Gasteiger partial charge in [0.15, 0.2) is 11.5 Å². The molecular formula is C19H20ClN3O5. The van der Waals surface area contributed by atoms with E-state index in [0.29, 0.717) is 19.4 Å². The van der Waals surface area contributed by atoms with Gasteiger partial charge >= 0.3 is 12.0 Å². The van der Waals surface area contributed by atoms with E-state index >= 15 is 0 Å². The van der Waals surface area contributed by atoms with Crippen molar-refractivity contribution >= 4 is 29.5 Å². The van der Waals surface area contributed by atoms with Gasteiger partial charge in [-0.1, -0.05) is 24.4 Å². The third kappa shape index (κ3) is 3.76. The summed E-state index contributed by atoms with van der Waals surface area (Å²) in [4.78, 5) is 38.1. The molecule has 1 aromatic rings. The van der Waals surface area contributed by atoms with Crippen molar-refractivity contribution in [2.75, 3.05) is 13.2 Å². The molecule has 148 valence electrons. The number of halogens is 1. The first kappa shape index (κ1) is 20.0. The topological polar surface area (TPSA) is 109 Å². The van der Waals surface area contributed by atoms with E-state index in [0.717, 1.165) is 17.7 Å². The number of imide groups is 1. The number of nitrogens with zero attached hydrogens (tertiary/aromatic N) is 2. The van der Waals surface area contributed by atoms with Crippen LogP contribution in [0.2, 0.25) is 5.02 Å². The molecule has 0 aromatic heterocycles. The first-order valence-corrected chi connectivity index (χ1v) is 9.49. The number of ether oxygens (including phenoxy) is 2. The molecule has 0 bridgehead atoms. The van der Waals surface area contributed by atoms with Crippen LogP contribution in [-0.4, -0.2) is 41.5 Å². The molecule has 0 atom stereocenters. The van der Waals surface area contributed by atoms with E-state index in [-0.39, 0.29) is 41.0 Å². The molecule has 3 amide bonds. The number of hydrogen-bond donors (Lipinski definition) is 1. The minimum absolute atomic E-state index is 0.0111. The van der Waals surface area contributed by atoms with Gasteiger partial charge in [-0.15, -0.1) is 0 Å². The SMILES string of the molecule is CCOc1cc(C#N)cc(Cl)c1OC(=O)CCN1C(=O)NC2(CCCC2)C1=O. The van der Waals surface area contributed by atoms with Gasteiger partial charge in [-0.3, -0.25) is 14.5 Å². The maximum absolute atomic E-state index is 12.6. The second-order valence-electron chi connectivity index (χ2n) is 6.73. The Hall–Kier alpha value is -2.79. The minimum atomic E-state index is -0.806. The van der Waals surface area contributed by atoms with Gasteiger partial charge in [0, 0.05) is 12.6 Å². The molecule has 1 spiro atoms. The van der Waals surface area contributed by atoms with Crippen LogP contribution < -0.4 is 14.8 Å². The normalized spacial score (nSPS) is 17.5. The van der Waals surface area contributed by atoms with Crippen molar-refractivity contribution in [3.8, 4) is 17.6 Å². The van der Waals surface area contributed by atoms with Crippen LogP contribution in [0, 0.1) is 11.3 Å². The summed E-state index contributed by atoms with van der Waals surface area (Å²) in [6, 6.07) is 4.27. The summed E-state index contributed by atoms with van der Waals surface area (Å²) in [5.41, 5.74) is -0.533. The Morgan fingerprint density at radius 1 is 1.36 bits per heavy atom. The van der Waals surface area contributed by atoms with E-state index in [1.165, 1.54) is 12.1 Å². The third-order valence-electron chi connectivity index (χ3n) is 4.90. The lowest BCUT2D eigenvalue weighted by Gasteiger charge is -2.19. The standard InChI is InChI=1S/C19H20ClN3O5/c1-2-27-14-10-12(11-21)9-13(20)16(14)28-15(24)5-8-23-17(25)19(22-18(23)26)6-3-4-7-19/h9-10H,2-8H2,1H3,(H,22,26). The molecule has 8 nitrogen and oxygen atoms in total. The quantitative estimate of drug-likeness (QED) is 0.443. The van der Waals surface area contributed by atoms with Crippen LogP contribution in [0.25, 0.3) is 0 Å². The number of urea groups is 1. The molecule has 1 saturated carbocycles. The lowest BCUT2D eigenvalue weighted by Crippen LogP contribution is -2.44. The highest BCUT2D eigenvalue weighted by atomic mass is 35.5. The number of esters is 1. The molecule has 1 N–H and O–H groups in total. The van der Waals surface area contributed by atoms with Crippen LogP contribution in [0.4, 0.5) is 4.79 Å². The summed E-state index contributed by atoms with van der Waals surface area (Å²) < 4.78 is 10.7. The third-order valence-corrected chi connectivity index (χ3v) is 5.18. The van der Waals surface area contributed by atoms with E-state index in [1.807, 2.05) is 6.07 Å². The fraction of sp³-hybridized carbons (Fsp3) is 0.474. The maximum Gasteiger partial charge on any atom is 0.325 e. The summed E-state index contributed by atoms with van der Waals surface area (Å²) in [5.74, 6) is -0.758. The molecular weight excluding hydrogens is 386 g/mol. The van der Waals surface area contributed by atoms with Crippen LogP contribution in [0.3, 0.4) is 0 Å². The molecule has 2 fully saturated rings. The minimum Gasteiger partial charge on any atom is -0.490 e. The molecule has 9 heteroatoms. The highest BCUT2D eigenvalue weighted by molar-refractivity contribution is 6.32. The first-order valence-electron chi connectivity index (χ1n) is 9.11. The number of benzene rings is 1. The van der Waals surface area contributed by atoms with Crippen LogP contribution >= 0.6 is 11.6 Å². The Morgan fingerprint density at radius 2 is 2.07 bits per heavy atom. The van der Waals surface area contributed by atoms with Crippen molar-refractivity contribution in [3.63, 3.8) is 0 Å². The summed E-state index contributed by atoms with van der Waals surface area (Å²) >= 11 is 6.11. The van der Waals surface area contributed by atoms with Crippen LogP contribution in [-0.2, 0) is 9.59 Å². The van der Waals surface area contributed by atoms with Gasteiger partial charge in [-0.05, 0) is 25.8 Å². The maximum atomic E-state index is 12.6. The zero-order valence-corrected chi connectivity index (χ0v) is 16.2. The van der Waals surface area contributed by atoms with E-state index in [4.69, 9.17) is 26.3 Å². The van der Waals surface area contributed by atoms with Crippen molar-refractivity contribution in [1.29, 1.82) is 5.26 Å². The molecule has 1 aromatic carbocycles. The molecule has 1 aliphatic heterocycles. The summed E-state index contributed by atoms with van der Waals surface area (Å²) in [6.07, 6.45) is 2.84. The lowest BCUT2D eigenvalue weighted by molar-refractivity contribution is -0.135. The molecule has 0 unspecified atom stereocenters. The zero-order valence-electron chi connectivity index (χ0n) is 15.4. The van der Waals surface area contributed by atoms with E-state index < -0.39 is 17.5 Å². The second-order valence-corrected chi connectivity index (χ2v) is 7.14. The second kappa shape index (κ2) is 8.07. The summed E-state index contributed by atoms with van der Waals surface area (Å²) in [6.45, 7) is 1.96. The number of rotatable bonds is 6. The smallest absolute Gasteiger partial charge is 0.325 e. The Kier molecular flexibility index (Phi) is 5.75. The predicted molar refractivity (Wildman–Crippen MR) is 99.0 cm³/mol. The molecule has 3 rings (SSSR count). The molecule has 2 aliphatic rings. The number of carbonyl (C=O) groups is 3.